The lowest BCUT2D eigenvalue weighted by atomic mass is 10.1. The van der Waals surface area contributed by atoms with Crippen molar-refractivity contribution in [3.63, 3.8) is 0 Å². The van der Waals surface area contributed by atoms with Crippen LogP contribution in [0.15, 0.2) is 34.7 Å². The third-order valence-electron chi connectivity index (χ3n) is 3.16. The maximum atomic E-state index is 11.8. The number of hydrogen-bond donors (Lipinski definition) is 3. The fraction of sp³-hybridized carbons (Fsp3) is 0.235. The maximum Gasteiger partial charge on any atom is 0.371 e. The van der Waals surface area contributed by atoms with Gasteiger partial charge in [-0.15, -0.1) is 0 Å². The van der Waals surface area contributed by atoms with E-state index >= 15 is 0 Å². The Morgan fingerprint density at radius 3 is 2.60 bits per heavy atom. The Morgan fingerprint density at radius 2 is 2.00 bits per heavy atom. The Kier molecular flexibility index (Phi) is 6.17. The largest absolute Gasteiger partial charge is 0.475 e. The number of anilines is 1. The van der Waals surface area contributed by atoms with E-state index in [0.29, 0.717) is 28.5 Å². The number of carboxylic acids is 1. The van der Waals surface area contributed by atoms with Crippen molar-refractivity contribution in [2.24, 2.45) is 5.92 Å². The molecule has 0 aliphatic rings. The van der Waals surface area contributed by atoms with Gasteiger partial charge in [0.25, 0.3) is 0 Å². The number of furan rings is 1. The number of thiocarbonyl (C=S) groups is 1. The van der Waals surface area contributed by atoms with E-state index in [1.165, 1.54) is 12.1 Å². The average Bonchev–Trinajstić information content (AvgIpc) is 2.95. The summed E-state index contributed by atoms with van der Waals surface area (Å²) in [6, 6.07) is 7.83. The highest BCUT2D eigenvalue weighted by Crippen LogP contribution is 2.32. The molecule has 25 heavy (non-hydrogen) atoms. The zero-order valence-electron chi connectivity index (χ0n) is 13.6. The second-order valence-electron chi connectivity index (χ2n) is 5.76. The molecule has 1 heterocycles. The normalized spacial score (nSPS) is 10.6. The zero-order valence-corrected chi connectivity index (χ0v) is 15.2. The summed E-state index contributed by atoms with van der Waals surface area (Å²) in [6.07, 6.45) is 0.352. The van der Waals surface area contributed by atoms with E-state index in [-0.39, 0.29) is 22.7 Å². The summed E-state index contributed by atoms with van der Waals surface area (Å²) in [7, 11) is 0. The van der Waals surface area contributed by atoms with Crippen LogP contribution in [0.3, 0.4) is 0 Å². The van der Waals surface area contributed by atoms with Gasteiger partial charge in [-0.25, -0.2) is 4.79 Å². The van der Waals surface area contributed by atoms with Crippen LogP contribution in [0, 0.1) is 5.92 Å². The molecule has 0 bridgehead atoms. The van der Waals surface area contributed by atoms with E-state index < -0.39 is 5.97 Å². The first-order valence-electron chi connectivity index (χ1n) is 7.50. The molecule has 0 radical (unpaired) electrons. The Bertz CT molecular complexity index is 817. The third kappa shape index (κ3) is 5.30. The summed E-state index contributed by atoms with van der Waals surface area (Å²) in [5, 5.41) is 15.0. The van der Waals surface area contributed by atoms with Crippen LogP contribution >= 0.6 is 23.8 Å². The van der Waals surface area contributed by atoms with Crippen LogP contribution < -0.4 is 10.6 Å². The minimum absolute atomic E-state index is 0.124. The van der Waals surface area contributed by atoms with E-state index in [1.807, 2.05) is 13.8 Å². The van der Waals surface area contributed by atoms with Gasteiger partial charge in [-0.2, -0.15) is 0 Å². The number of benzene rings is 1. The Morgan fingerprint density at radius 1 is 1.28 bits per heavy atom. The minimum atomic E-state index is -1.16. The molecule has 2 rings (SSSR count). The number of halogens is 1. The molecule has 0 fully saturated rings. The van der Waals surface area contributed by atoms with Gasteiger partial charge < -0.3 is 20.2 Å². The summed E-state index contributed by atoms with van der Waals surface area (Å²) in [4.78, 5) is 22.8. The summed E-state index contributed by atoms with van der Waals surface area (Å²) in [5.41, 5.74) is 1.06. The predicted molar refractivity (Wildman–Crippen MR) is 99.9 cm³/mol. The first-order valence-corrected chi connectivity index (χ1v) is 8.28. The van der Waals surface area contributed by atoms with E-state index in [4.69, 9.17) is 33.3 Å². The van der Waals surface area contributed by atoms with Crippen LogP contribution in [0.5, 0.6) is 0 Å². The standard InChI is InChI=1S/C17H17ClN2O4S/c1-9(2)7-15(21)20-17(25)19-12-8-10(18)3-4-11(12)13-5-6-14(24-13)16(22)23/h3-6,8-9H,7H2,1-2H3,(H,22,23)(H2,19,20,21,25). The van der Waals surface area contributed by atoms with Crippen molar-refractivity contribution in [2.75, 3.05) is 5.32 Å². The van der Waals surface area contributed by atoms with Gasteiger partial charge in [0.15, 0.2) is 5.11 Å². The van der Waals surface area contributed by atoms with Crippen LogP contribution in [0.25, 0.3) is 11.3 Å². The van der Waals surface area contributed by atoms with Crippen molar-refractivity contribution in [2.45, 2.75) is 20.3 Å². The topological polar surface area (TPSA) is 91.6 Å². The first-order chi connectivity index (χ1) is 11.8. The molecule has 0 saturated heterocycles. The molecule has 0 aliphatic heterocycles. The van der Waals surface area contributed by atoms with Crippen molar-refractivity contribution in [1.82, 2.24) is 5.32 Å². The van der Waals surface area contributed by atoms with E-state index in [0.717, 1.165) is 0 Å². The molecule has 0 spiro atoms. The smallest absolute Gasteiger partial charge is 0.371 e. The lowest BCUT2D eigenvalue weighted by Gasteiger charge is -2.13. The van der Waals surface area contributed by atoms with Gasteiger partial charge in [0.1, 0.15) is 5.76 Å². The number of carbonyl (C=O) groups is 2. The molecule has 0 unspecified atom stereocenters. The average molecular weight is 381 g/mol. The number of rotatable bonds is 5. The molecule has 1 aromatic heterocycles. The Labute approximate surface area is 155 Å². The molecule has 1 amide bonds. The molecule has 0 atom stereocenters. The van der Waals surface area contributed by atoms with Gasteiger partial charge in [0.05, 0.1) is 5.69 Å². The third-order valence-corrected chi connectivity index (χ3v) is 3.60. The molecule has 132 valence electrons. The molecule has 0 aliphatic carbocycles. The molecule has 1 aromatic carbocycles. The maximum absolute atomic E-state index is 11.8. The van der Waals surface area contributed by atoms with Gasteiger partial charge in [-0.05, 0) is 48.5 Å². The SMILES string of the molecule is CC(C)CC(=O)NC(=S)Nc1cc(Cl)ccc1-c1ccc(C(=O)O)o1. The van der Waals surface area contributed by atoms with Gasteiger partial charge in [-0.1, -0.05) is 25.4 Å². The zero-order chi connectivity index (χ0) is 18.6. The van der Waals surface area contributed by atoms with Crippen molar-refractivity contribution in [1.29, 1.82) is 0 Å². The molecular weight excluding hydrogens is 364 g/mol. The van der Waals surface area contributed by atoms with Crippen molar-refractivity contribution in [3.05, 3.63) is 41.1 Å². The monoisotopic (exact) mass is 380 g/mol. The number of aromatic carboxylic acids is 1. The summed E-state index contributed by atoms with van der Waals surface area (Å²) >= 11 is 11.2. The molecule has 2 aromatic rings. The van der Waals surface area contributed by atoms with Crippen LogP contribution in [0.4, 0.5) is 5.69 Å². The molecule has 6 nitrogen and oxygen atoms in total. The first kappa shape index (κ1) is 19.0. The second-order valence-corrected chi connectivity index (χ2v) is 6.60. The molecule has 3 N–H and O–H groups in total. The van der Waals surface area contributed by atoms with E-state index in [2.05, 4.69) is 10.6 Å². The Hall–Kier alpha value is -2.38. The second kappa shape index (κ2) is 8.13. The highest BCUT2D eigenvalue weighted by Gasteiger charge is 2.15. The van der Waals surface area contributed by atoms with Crippen LogP contribution in [-0.2, 0) is 4.79 Å². The van der Waals surface area contributed by atoms with E-state index in [9.17, 15) is 9.59 Å². The van der Waals surface area contributed by atoms with Crippen molar-refractivity contribution < 1.29 is 19.1 Å². The van der Waals surface area contributed by atoms with Crippen LogP contribution in [-0.4, -0.2) is 22.1 Å². The molecule has 0 saturated carbocycles. The number of nitrogens with one attached hydrogen (secondary N) is 2. The van der Waals surface area contributed by atoms with Gasteiger partial charge in [-0.3, -0.25) is 4.79 Å². The lowest BCUT2D eigenvalue weighted by molar-refractivity contribution is -0.120. The lowest BCUT2D eigenvalue weighted by Crippen LogP contribution is -2.34. The van der Waals surface area contributed by atoms with Gasteiger partial charge >= 0.3 is 5.97 Å². The number of hydrogen-bond acceptors (Lipinski definition) is 4. The summed E-state index contributed by atoms with van der Waals surface area (Å²) < 4.78 is 5.31. The van der Waals surface area contributed by atoms with Crippen LogP contribution in [0.2, 0.25) is 5.02 Å². The highest BCUT2D eigenvalue weighted by atomic mass is 35.5. The Balaban J connectivity index is 2.22. The van der Waals surface area contributed by atoms with E-state index in [1.54, 1.807) is 18.2 Å². The molecular formula is C17H17ClN2O4S. The van der Waals surface area contributed by atoms with Crippen molar-refractivity contribution in [3.8, 4) is 11.3 Å². The number of amides is 1. The van der Waals surface area contributed by atoms with Crippen molar-refractivity contribution >= 4 is 46.5 Å². The van der Waals surface area contributed by atoms with Gasteiger partial charge in [0.2, 0.25) is 11.7 Å². The fourth-order valence-electron chi connectivity index (χ4n) is 2.13. The number of carbonyl (C=O) groups excluding carboxylic acids is 1. The fourth-order valence-corrected chi connectivity index (χ4v) is 2.53. The molecule has 8 heteroatoms. The summed E-state index contributed by atoms with van der Waals surface area (Å²) in [6.45, 7) is 3.87. The van der Waals surface area contributed by atoms with Crippen LogP contribution in [0.1, 0.15) is 30.8 Å². The highest BCUT2D eigenvalue weighted by molar-refractivity contribution is 7.80. The number of carboxylic acid groups (broad SMARTS) is 1. The minimum Gasteiger partial charge on any atom is -0.475 e. The van der Waals surface area contributed by atoms with Gasteiger partial charge in [0, 0.05) is 17.0 Å². The summed E-state index contributed by atoms with van der Waals surface area (Å²) in [5.74, 6) is -0.980. The predicted octanol–water partition coefficient (Wildman–Crippen LogP) is 4.16. The quantitative estimate of drug-likeness (QED) is 0.675.